The molecule has 0 spiro atoms. The summed E-state index contributed by atoms with van der Waals surface area (Å²) in [5.74, 6) is -0.196. The SMILES string of the molecule is CO[C@H]1O[C@H](CNC(=O)C(C)(C)C)[C@@H](O)[C@H](O)[C@@H]1O. The van der Waals surface area contributed by atoms with Crippen LogP contribution in [0.1, 0.15) is 20.8 Å². The predicted molar refractivity (Wildman–Crippen MR) is 66.2 cm³/mol. The Bertz CT molecular complexity index is 314. The van der Waals surface area contributed by atoms with Crippen molar-refractivity contribution in [1.29, 1.82) is 0 Å². The summed E-state index contributed by atoms with van der Waals surface area (Å²) < 4.78 is 10.2. The molecule has 0 saturated carbocycles. The topological polar surface area (TPSA) is 108 Å². The van der Waals surface area contributed by atoms with Crippen LogP contribution in [0.15, 0.2) is 0 Å². The van der Waals surface area contributed by atoms with Crippen molar-refractivity contribution in [2.75, 3.05) is 13.7 Å². The van der Waals surface area contributed by atoms with E-state index in [1.54, 1.807) is 20.8 Å². The van der Waals surface area contributed by atoms with E-state index >= 15 is 0 Å². The fraction of sp³-hybridized carbons (Fsp3) is 0.917. The smallest absolute Gasteiger partial charge is 0.225 e. The summed E-state index contributed by atoms with van der Waals surface area (Å²) in [7, 11) is 1.32. The van der Waals surface area contributed by atoms with E-state index in [-0.39, 0.29) is 12.5 Å². The summed E-state index contributed by atoms with van der Waals surface area (Å²) in [6.45, 7) is 5.31. The Morgan fingerprint density at radius 3 is 2.26 bits per heavy atom. The maximum Gasteiger partial charge on any atom is 0.225 e. The van der Waals surface area contributed by atoms with Gasteiger partial charge in [-0.15, -0.1) is 0 Å². The lowest BCUT2D eigenvalue weighted by Crippen LogP contribution is -2.60. The summed E-state index contributed by atoms with van der Waals surface area (Å²) in [5.41, 5.74) is -0.557. The van der Waals surface area contributed by atoms with Crippen molar-refractivity contribution in [3.05, 3.63) is 0 Å². The number of hydrogen-bond acceptors (Lipinski definition) is 6. The van der Waals surface area contributed by atoms with Gasteiger partial charge in [0, 0.05) is 19.1 Å². The van der Waals surface area contributed by atoms with Gasteiger partial charge in [-0.3, -0.25) is 4.79 Å². The Kier molecular flexibility index (Phi) is 5.28. The van der Waals surface area contributed by atoms with Crippen LogP contribution in [-0.2, 0) is 14.3 Å². The summed E-state index contributed by atoms with van der Waals surface area (Å²) in [5, 5.41) is 31.7. The van der Waals surface area contributed by atoms with Gasteiger partial charge in [-0.1, -0.05) is 20.8 Å². The first-order valence-electron chi connectivity index (χ1n) is 6.19. The highest BCUT2D eigenvalue weighted by molar-refractivity contribution is 5.81. The van der Waals surface area contributed by atoms with E-state index in [0.29, 0.717) is 0 Å². The van der Waals surface area contributed by atoms with Crippen molar-refractivity contribution < 1.29 is 29.6 Å². The molecule has 4 N–H and O–H groups in total. The molecule has 1 fully saturated rings. The Morgan fingerprint density at radius 2 is 1.79 bits per heavy atom. The Labute approximate surface area is 112 Å². The lowest BCUT2D eigenvalue weighted by Gasteiger charge is -2.40. The van der Waals surface area contributed by atoms with E-state index in [9.17, 15) is 20.1 Å². The lowest BCUT2D eigenvalue weighted by atomic mass is 9.95. The molecule has 1 heterocycles. The highest BCUT2D eigenvalue weighted by Gasteiger charge is 2.44. The van der Waals surface area contributed by atoms with Gasteiger partial charge in [0.05, 0.1) is 0 Å². The summed E-state index contributed by atoms with van der Waals surface area (Å²) in [6, 6.07) is 0. The molecule has 1 saturated heterocycles. The second kappa shape index (κ2) is 6.15. The van der Waals surface area contributed by atoms with Crippen LogP contribution in [0.2, 0.25) is 0 Å². The molecule has 0 unspecified atom stereocenters. The van der Waals surface area contributed by atoms with Crippen LogP contribution >= 0.6 is 0 Å². The van der Waals surface area contributed by atoms with Crippen LogP contribution in [0.3, 0.4) is 0 Å². The summed E-state index contributed by atoms with van der Waals surface area (Å²) in [4.78, 5) is 11.7. The molecule has 0 aliphatic carbocycles. The van der Waals surface area contributed by atoms with E-state index in [1.807, 2.05) is 0 Å². The van der Waals surface area contributed by atoms with Gasteiger partial charge in [0.15, 0.2) is 6.29 Å². The average Bonchev–Trinajstić information content (AvgIpc) is 2.33. The van der Waals surface area contributed by atoms with E-state index < -0.39 is 36.1 Å². The average molecular weight is 277 g/mol. The monoisotopic (exact) mass is 277 g/mol. The van der Waals surface area contributed by atoms with Crippen LogP contribution in [0.25, 0.3) is 0 Å². The molecule has 0 aromatic rings. The van der Waals surface area contributed by atoms with Gasteiger partial charge in [0.25, 0.3) is 0 Å². The molecule has 1 amide bonds. The third-order valence-electron chi connectivity index (χ3n) is 3.05. The number of amides is 1. The molecule has 1 rings (SSSR count). The molecule has 7 nitrogen and oxygen atoms in total. The number of aliphatic hydroxyl groups is 3. The van der Waals surface area contributed by atoms with Crippen molar-refractivity contribution in [3.8, 4) is 0 Å². The van der Waals surface area contributed by atoms with Crippen LogP contribution in [0.4, 0.5) is 0 Å². The highest BCUT2D eigenvalue weighted by Crippen LogP contribution is 2.21. The molecule has 0 aromatic heterocycles. The first-order valence-corrected chi connectivity index (χ1v) is 6.19. The number of hydrogen-bond donors (Lipinski definition) is 4. The van der Waals surface area contributed by atoms with Gasteiger partial charge in [-0.05, 0) is 0 Å². The largest absolute Gasteiger partial charge is 0.388 e. The standard InChI is InChI=1S/C12H23NO6/c1-12(2,3)11(17)13-5-6-7(14)8(15)9(16)10(18-4)19-6/h6-10,14-16H,5H2,1-4H3,(H,13,17)/t6-,7-,8+,9+,10+/m1/s1. The number of aliphatic hydroxyl groups excluding tert-OH is 3. The minimum atomic E-state index is -1.38. The molecule has 0 aromatic carbocycles. The summed E-state index contributed by atoms with van der Waals surface area (Å²) >= 11 is 0. The van der Waals surface area contributed by atoms with Crippen LogP contribution in [-0.4, -0.2) is 65.6 Å². The zero-order valence-corrected chi connectivity index (χ0v) is 11.7. The zero-order chi connectivity index (χ0) is 14.8. The zero-order valence-electron chi connectivity index (χ0n) is 11.7. The van der Waals surface area contributed by atoms with Crippen molar-refractivity contribution in [2.24, 2.45) is 5.41 Å². The molecule has 19 heavy (non-hydrogen) atoms. The third kappa shape index (κ3) is 3.87. The van der Waals surface area contributed by atoms with Crippen molar-refractivity contribution >= 4 is 5.91 Å². The molecular weight excluding hydrogens is 254 g/mol. The minimum Gasteiger partial charge on any atom is -0.388 e. The third-order valence-corrected chi connectivity index (χ3v) is 3.05. The molecule has 1 aliphatic heterocycles. The normalized spacial score (nSPS) is 36.1. The van der Waals surface area contributed by atoms with Gasteiger partial charge >= 0.3 is 0 Å². The van der Waals surface area contributed by atoms with Crippen molar-refractivity contribution in [1.82, 2.24) is 5.32 Å². The maximum absolute atomic E-state index is 11.7. The number of ether oxygens (including phenoxy) is 2. The highest BCUT2D eigenvalue weighted by atomic mass is 16.7. The Morgan fingerprint density at radius 1 is 1.21 bits per heavy atom. The number of carbonyl (C=O) groups is 1. The first-order chi connectivity index (χ1) is 8.68. The number of carbonyl (C=O) groups excluding carboxylic acids is 1. The lowest BCUT2D eigenvalue weighted by molar-refractivity contribution is -0.288. The van der Waals surface area contributed by atoms with E-state index in [4.69, 9.17) is 9.47 Å². The molecular formula is C12H23NO6. The second-order valence-corrected chi connectivity index (χ2v) is 5.71. The molecule has 0 bridgehead atoms. The maximum atomic E-state index is 11.7. The van der Waals surface area contributed by atoms with E-state index in [2.05, 4.69) is 5.32 Å². The van der Waals surface area contributed by atoms with Crippen molar-refractivity contribution in [2.45, 2.75) is 51.5 Å². The quantitative estimate of drug-likeness (QED) is 0.505. The van der Waals surface area contributed by atoms with Gasteiger partial charge in [0.2, 0.25) is 5.91 Å². The Hall–Kier alpha value is -0.730. The molecule has 5 atom stereocenters. The van der Waals surface area contributed by atoms with Gasteiger partial charge in [-0.25, -0.2) is 0 Å². The van der Waals surface area contributed by atoms with E-state index in [1.165, 1.54) is 7.11 Å². The van der Waals surface area contributed by atoms with Crippen LogP contribution < -0.4 is 5.32 Å². The first kappa shape index (κ1) is 16.3. The predicted octanol–water partition coefficient (Wildman–Crippen LogP) is -1.40. The fourth-order valence-corrected chi connectivity index (χ4v) is 1.74. The van der Waals surface area contributed by atoms with Crippen molar-refractivity contribution in [3.63, 3.8) is 0 Å². The van der Waals surface area contributed by atoms with Gasteiger partial charge in [0.1, 0.15) is 24.4 Å². The number of methoxy groups -OCH3 is 1. The van der Waals surface area contributed by atoms with Crippen LogP contribution in [0.5, 0.6) is 0 Å². The number of rotatable bonds is 3. The van der Waals surface area contributed by atoms with Crippen LogP contribution in [0, 0.1) is 5.41 Å². The second-order valence-electron chi connectivity index (χ2n) is 5.71. The number of nitrogens with one attached hydrogen (secondary N) is 1. The molecule has 1 aliphatic rings. The summed E-state index contributed by atoms with van der Waals surface area (Å²) in [6.07, 6.45) is -5.86. The minimum absolute atomic E-state index is 0.0287. The molecule has 0 radical (unpaired) electrons. The fourth-order valence-electron chi connectivity index (χ4n) is 1.74. The van der Waals surface area contributed by atoms with E-state index in [0.717, 1.165) is 0 Å². The molecule has 112 valence electrons. The molecule has 7 heteroatoms. The van der Waals surface area contributed by atoms with Gasteiger partial charge in [-0.2, -0.15) is 0 Å². The Balaban J connectivity index is 2.60. The van der Waals surface area contributed by atoms with Gasteiger partial charge < -0.3 is 30.1 Å².